The number of aliphatic hydroxyl groups excluding tert-OH is 1. The highest BCUT2D eigenvalue weighted by molar-refractivity contribution is 5.66. The molecule has 0 spiro atoms. The summed E-state index contributed by atoms with van der Waals surface area (Å²) >= 11 is 0. The third kappa shape index (κ3) is 5.00. The Labute approximate surface area is 142 Å². The van der Waals surface area contributed by atoms with E-state index in [9.17, 15) is 5.26 Å². The average Bonchev–Trinajstić information content (AvgIpc) is 2.64. The van der Waals surface area contributed by atoms with Gasteiger partial charge in [0.1, 0.15) is 6.07 Å². The number of nitrogens with zero attached hydrogens (tertiary/aromatic N) is 4. The first kappa shape index (κ1) is 17.8. The van der Waals surface area contributed by atoms with Crippen molar-refractivity contribution in [1.29, 1.82) is 5.26 Å². The van der Waals surface area contributed by atoms with Gasteiger partial charge in [-0.15, -0.1) is 0 Å². The molecule has 0 aromatic carbocycles. The average molecular weight is 325 g/mol. The standard InChI is InChI=1S/C18H23N5O/c1-2-3-4-5-6-9-20-18-22-12-15(10-19)17(23-18)14-7-8-16(13-24)21-11-14/h7-8,11-12,24H,2-6,9,13H2,1H3,(H,20,22,23). The van der Waals surface area contributed by atoms with E-state index in [1.807, 2.05) is 0 Å². The lowest BCUT2D eigenvalue weighted by Gasteiger charge is -2.08. The highest BCUT2D eigenvalue weighted by Crippen LogP contribution is 2.21. The van der Waals surface area contributed by atoms with Gasteiger partial charge in [-0.25, -0.2) is 9.97 Å². The molecule has 0 radical (unpaired) electrons. The van der Waals surface area contributed by atoms with E-state index in [0.29, 0.717) is 22.9 Å². The van der Waals surface area contributed by atoms with Gasteiger partial charge >= 0.3 is 0 Å². The zero-order chi connectivity index (χ0) is 17.2. The van der Waals surface area contributed by atoms with Crippen LogP contribution in [-0.2, 0) is 6.61 Å². The number of aromatic nitrogens is 3. The van der Waals surface area contributed by atoms with Crippen molar-refractivity contribution in [2.45, 2.75) is 45.6 Å². The van der Waals surface area contributed by atoms with Gasteiger partial charge in [0.15, 0.2) is 0 Å². The molecule has 0 amide bonds. The molecule has 2 aromatic rings. The van der Waals surface area contributed by atoms with Crippen LogP contribution in [0.2, 0.25) is 0 Å². The first-order valence-electron chi connectivity index (χ1n) is 8.35. The highest BCUT2D eigenvalue weighted by Gasteiger charge is 2.10. The van der Waals surface area contributed by atoms with Crippen LogP contribution in [0.1, 0.15) is 50.3 Å². The predicted molar refractivity (Wildman–Crippen MR) is 93.1 cm³/mol. The topological polar surface area (TPSA) is 94.7 Å². The quantitative estimate of drug-likeness (QED) is 0.687. The second-order valence-electron chi connectivity index (χ2n) is 5.61. The van der Waals surface area contributed by atoms with E-state index in [1.54, 1.807) is 18.3 Å². The van der Waals surface area contributed by atoms with Crippen LogP contribution in [0.5, 0.6) is 0 Å². The highest BCUT2D eigenvalue weighted by atomic mass is 16.3. The maximum atomic E-state index is 9.26. The molecule has 0 unspecified atom stereocenters. The molecule has 2 heterocycles. The third-order valence-corrected chi connectivity index (χ3v) is 3.73. The summed E-state index contributed by atoms with van der Waals surface area (Å²) in [6, 6.07) is 5.63. The molecule has 0 fully saturated rings. The van der Waals surface area contributed by atoms with Gasteiger partial charge in [-0.2, -0.15) is 5.26 Å². The zero-order valence-electron chi connectivity index (χ0n) is 14.0. The van der Waals surface area contributed by atoms with E-state index in [1.165, 1.54) is 31.9 Å². The van der Waals surface area contributed by atoms with E-state index in [2.05, 4.69) is 33.3 Å². The van der Waals surface area contributed by atoms with Crippen LogP contribution in [0.15, 0.2) is 24.5 Å². The smallest absolute Gasteiger partial charge is 0.223 e. The maximum Gasteiger partial charge on any atom is 0.223 e. The minimum atomic E-state index is -0.111. The van der Waals surface area contributed by atoms with Crippen molar-refractivity contribution in [2.24, 2.45) is 0 Å². The van der Waals surface area contributed by atoms with Crippen molar-refractivity contribution in [3.63, 3.8) is 0 Å². The summed E-state index contributed by atoms with van der Waals surface area (Å²) in [5, 5.41) is 21.5. The van der Waals surface area contributed by atoms with Crippen molar-refractivity contribution < 1.29 is 5.11 Å². The van der Waals surface area contributed by atoms with E-state index < -0.39 is 0 Å². The Balaban J connectivity index is 2.05. The molecule has 0 aliphatic heterocycles. The number of nitrogens with one attached hydrogen (secondary N) is 1. The molecule has 0 aliphatic carbocycles. The maximum absolute atomic E-state index is 9.26. The van der Waals surface area contributed by atoms with E-state index in [0.717, 1.165) is 18.5 Å². The number of hydrogen-bond donors (Lipinski definition) is 2. The fourth-order valence-corrected chi connectivity index (χ4v) is 2.36. The van der Waals surface area contributed by atoms with E-state index in [-0.39, 0.29) is 6.61 Å². The van der Waals surface area contributed by atoms with Gasteiger partial charge < -0.3 is 10.4 Å². The lowest BCUT2D eigenvalue weighted by Crippen LogP contribution is -2.07. The normalized spacial score (nSPS) is 10.4. The van der Waals surface area contributed by atoms with Crippen LogP contribution in [0, 0.1) is 11.3 Å². The van der Waals surface area contributed by atoms with Gasteiger partial charge in [0.05, 0.1) is 29.8 Å². The molecule has 6 heteroatoms. The van der Waals surface area contributed by atoms with Gasteiger partial charge in [0.2, 0.25) is 5.95 Å². The van der Waals surface area contributed by atoms with Crippen molar-refractivity contribution >= 4 is 5.95 Å². The number of nitriles is 1. The van der Waals surface area contributed by atoms with Gasteiger partial charge in [-0.3, -0.25) is 4.98 Å². The first-order chi connectivity index (χ1) is 11.8. The van der Waals surface area contributed by atoms with Crippen molar-refractivity contribution in [1.82, 2.24) is 15.0 Å². The lowest BCUT2D eigenvalue weighted by molar-refractivity contribution is 0.277. The van der Waals surface area contributed by atoms with Crippen LogP contribution >= 0.6 is 0 Å². The summed E-state index contributed by atoms with van der Waals surface area (Å²) in [7, 11) is 0. The SMILES string of the molecule is CCCCCCCNc1ncc(C#N)c(-c2ccc(CO)nc2)n1. The van der Waals surface area contributed by atoms with Crippen molar-refractivity contribution in [3.05, 3.63) is 35.8 Å². The molecule has 2 N–H and O–H groups in total. The first-order valence-corrected chi connectivity index (χ1v) is 8.35. The summed E-state index contributed by atoms with van der Waals surface area (Å²) < 4.78 is 0. The van der Waals surface area contributed by atoms with Crippen LogP contribution in [-0.4, -0.2) is 26.6 Å². The Kier molecular flexibility index (Phi) is 7.12. The predicted octanol–water partition coefficient (Wildman–Crippen LogP) is 3.28. The van der Waals surface area contributed by atoms with Gasteiger partial charge in [0, 0.05) is 18.3 Å². The van der Waals surface area contributed by atoms with E-state index >= 15 is 0 Å². The molecule has 0 saturated heterocycles. The second-order valence-corrected chi connectivity index (χ2v) is 5.61. The van der Waals surface area contributed by atoms with Crippen LogP contribution < -0.4 is 5.32 Å². The summed E-state index contributed by atoms with van der Waals surface area (Å²) in [5.41, 5.74) is 2.27. The summed E-state index contributed by atoms with van der Waals surface area (Å²) in [4.78, 5) is 12.8. The van der Waals surface area contributed by atoms with Gasteiger partial charge in [0.25, 0.3) is 0 Å². The molecule has 0 atom stereocenters. The monoisotopic (exact) mass is 325 g/mol. The minimum absolute atomic E-state index is 0.111. The largest absolute Gasteiger partial charge is 0.390 e. The Morgan fingerprint density at radius 1 is 1.12 bits per heavy atom. The fraction of sp³-hybridized carbons (Fsp3) is 0.444. The molecule has 0 bridgehead atoms. The van der Waals surface area contributed by atoms with Crippen LogP contribution in [0.4, 0.5) is 5.95 Å². The molecule has 2 aromatic heterocycles. The number of hydrogen-bond acceptors (Lipinski definition) is 6. The number of unbranched alkanes of at least 4 members (excludes halogenated alkanes) is 4. The zero-order valence-corrected chi connectivity index (χ0v) is 14.0. The van der Waals surface area contributed by atoms with Crippen LogP contribution in [0.25, 0.3) is 11.3 Å². The molecule has 126 valence electrons. The molecule has 0 aliphatic rings. The molecular formula is C18H23N5O. The number of rotatable bonds is 9. The van der Waals surface area contributed by atoms with E-state index in [4.69, 9.17) is 5.11 Å². The van der Waals surface area contributed by atoms with Gasteiger partial charge in [-0.1, -0.05) is 32.6 Å². The van der Waals surface area contributed by atoms with Crippen LogP contribution in [0.3, 0.4) is 0 Å². The Hall–Kier alpha value is -2.52. The van der Waals surface area contributed by atoms with Crippen molar-refractivity contribution in [2.75, 3.05) is 11.9 Å². The summed E-state index contributed by atoms with van der Waals surface area (Å²) in [5.74, 6) is 0.519. The molecule has 2 rings (SSSR count). The summed E-state index contributed by atoms with van der Waals surface area (Å²) in [6.45, 7) is 2.91. The Morgan fingerprint density at radius 2 is 1.96 bits per heavy atom. The van der Waals surface area contributed by atoms with Gasteiger partial charge in [-0.05, 0) is 18.6 Å². The molecule has 6 nitrogen and oxygen atoms in total. The number of anilines is 1. The Morgan fingerprint density at radius 3 is 2.62 bits per heavy atom. The third-order valence-electron chi connectivity index (χ3n) is 3.73. The molecule has 24 heavy (non-hydrogen) atoms. The molecular weight excluding hydrogens is 302 g/mol. The Bertz CT molecular complexity index is 679. The molecule has 0 saturated carbocycles. The number of pyridine rings is 1. The fourth-order valence-electron chi connectivity index (χ4n) is 2.36. The number of aliphatic hydroxyl groups is 1. The summed E-state index contributed by atoms with van der Waals surface area (Å²) in [6.07, 6.45) is 9.17. The lowest BCUT2D eigenvalue weighted by atomic mass is 10.1. The second kappa shape index (κ2) is 9.58. The minimum Gasteiger partial charge on any atom is -0.390 e. The van der Waals surface area contributed by atoms with Crippen molar-refractivity contribution in [3.8, 4) is 17.3 Å².